The van der Waals surface area contributed by atoms with Crippen molar-refractivity contribution in [2.24, 2.45) is 0 Å². The highest BCUT2D eigenvalue weighted by molar-refractivity contribution is 6.04. The molecule has 0 spiro atoms. The zero-order valence-electron chi connectivity index (χ0n) is 17.2. The van der Waals surface area contributed by atoms with Gasteiger partial charge in [0.05, 0.1) is 5.69 Å². The maximum atomic E-state index is 12.7. The SMILES string of the molecule is Cc1cccn2cc(-c3cccc(NC(=O)c4ccc(C(C)(C)C)cc4)c3)nc12. The number of nitrogens with one attached hydrogen (secondary N) is 1. The number of pyridine rings is 1. The van der Waals surface area contributed by atoms with Crippen LogP contribution in [0.3, 0.4) is 0 Å². The normalized spacial score (nSPS) is 11.6. The van der Waals surface area contributed by atoms with Crippen LogP contribution in [0.15, 0.2) is 73.1 Å². The number of nitrogens with zero attached hydrogens (tertiary/aromatic N) is 2. The number of hydrogen-bond acceptors (Lipinski definition) is 2. The Bertz CT molecular complexity index is 1180. The number of aryl methyl sites for hydroxylation is 1. The van der Waals surface area contributed by atoms with Gasteiger partial charge in [-0.1, -0.05) is 51.1 Å². The number of benzene rings is 2. The number of aromatic nitrogens is 2. The molecule has 0 saturated heterocycles. The predicted molar refractivity (Wildman–Crippen MR) is 118 cm³/mol. The molecule has 4 aromatic rings. The monoisotopic (exact) mass is 383 g/mol. The smallest absolute Gasteiger partial charge is 0.255 e. The molecule has 0 saturated carbocycles. The molecule has 0 aliphatic heterocycles. The van der Waals surface area contributed by atoms with E-state index < -0.39 is 0 Å². The molecule has 1 N–H and O–H groups in total. The number of hydrogen-bond donors (Lipinski definition) is 1. The van der Waals surface area contributed by atoms with Crippen LogP contribution in [-0.2, 0) is 5.41 Å². The van der Waals surface area contributed by atoms with E-state index in [1.54, 1.807) is 0 Å². The highest BCUT2D eigenvalue weighted by atomic mass is 16.1. The molecule has 0 atom stereocenters. The van der Waals surface area contributed by atoms with Gasteiger partial charge in [0, 0.05) is 29.2 Å². The fourth-order valence-electron chi connectivity index (χ4n) is 3.37. The maximum absolute atomic E-state index is 12.7. The molecule has 4 heteroatoms. The van der Waals surface area contributed by atoms with Crippen molar-refractivity contribution >= 4 is 17.2 Å². The minimum atomic E-state index is -0.117. The lowest BCUT2D eigenvalue weighted by Crippen LogP contribution is -2.14. The summed E-state index contributed by atoms with van der Waals surface area (Å²) in [6.45, 7) is 8.53. The van der Waals surface area contributed by atoms with Gasteiger partial charge in [-0.2, -0.15) is 0 Å². The number of amides is 1. The molecule has 0 fully saturated rings. The molecule has 1 amide bonds. The van der Waals surface area contributed by atoms with E-state index in [1.165, 1.54) is 5.56 Å². The zero-order valence-corrected chi connectivity index (χ0v) is 17.2. The van der Waals surface area contributed by atoms with Gasteiger partial charge in [-0.3, -0.25) is 4.79 Å². The minimum absolute atomic E-state index is 0.0653. The van der Waals surface area contributed by atoms with Crippen molar-refractivity contribution in [2.75, 3.05) is 5.32 Å². The molecular formula is C25H25N3O. The first-order chi connectivity index (χ1) is 13.8. The molecular weight excluding hydrogens is 358 g/mol. The summed E-state index contributed by atoms with van der Waals surface area (Å²) >= 11 is 0. The number of carbonyl (C=O) groups excluding carboxylic acids is 1. The second-order valence-electron chi connectivity index (χ2n) is 8.41. The van der Waals surface area contributed by atoms with Crippen molar-refractivity contribution in [3.8, 4) is 11.3 Å². The van der Waals surface area contributed by atoms with Crippen molar-refractivity contribution in [1.82, 2.24) is 9.38 Å². The number of anilines is 1. The fraction of sp³-hybridized carbons (Fsp3) is 0.200. The summed E-state index contributed by atoms with van der Waals surface area (Å²) in [5.41, 5.74) is 6.58. The van der Waals surface area contributed by atoms with E-state index in [0.717, 1.165) is 28.2 Å². The first kappa shape index (κ1) is 18.9. The molecule has 0 bridgehead atoms. The third-order valence-corrected chi connectivity index (χ3v) is 5.11. The molecule has 4 nitrogen and oxygen atoms in total. The first-order valence-corrected chi connectivity index (χ1v) is 9.78. The second kappa shape index (κ2) is 7.21. The Kier molecular flexibility index (Phi) is 4.71. The van der Waals surface area contributed by atoms with Crippen LogP contribution in [0, 0.1) is 6.92 Å². The largest absolute Gasteiger partial charge is 0.322 e. The van der Waals surface area contributed by atoms with E-state index >= 15 is 0 Å². The number of rotatable bonds is 3. The minimum Gasteiger partial charge on any atom is -0.322 e. The summed E-state index contributed by atoms with van der Waals surface area (Å²) < 4.78 is 2.02. The molecule has 2 heterocycles. The molecule has 2 aromatic carbocycles. The molecule has 146 valence electrons. The molecule has 0 aliphatic rings. The lowest BCUT2D eigenvalue weighted by molar-refractivity contribution is 0.102. The lowest BCUT2D eigenvalue weighted by Gasteiger charge is -2.19. The van der Waals surface area contributed by atoms with Gasteiger partial charge in [0.2, 0.25) is 0 Å². The average molecular weight is 383 g/mol. The molecule has 0 radical (unpaired) electrons. The van der Waals surface area contributed by atoms with Crippen molar-refractivity contribution in [1.29, 1.82) is 0 Å². The molecule has 29 heavy (non-hydrogen) atoms. The van der Waals surface area contributed by atoms with Crippen LogP contribution in [0.4, 0.5) is 5.69 Å². The van der Waals surface area contributed by atoms with Gasteiger partial charge in [0.25, 0.3) is 5.91 Å². The van der Waals surface area contributed by atoms with E-state index in [2.05, 4.69) is 26.1 Å². The van der Waals surface area contributed by atoms with E-state index in [1.807, 2.05) is 84.4 Å². The van der Waals surface area contributed by atoms with Crippen molar-refractivity contribution < 1.29 is 4.79 Å². The number of fused-ring (bicyclic) bond motifs is 1. The maximum Gasteiger partial charge on any atom is 0.255 e. The Hall–Kier alpha value is -3.40. The van der Waals surface area contributed by atoms with Crippen molar-refractivity contribution in [3.05, 3.63) is 89.7 Å². The van der Waals surface area contributed by atoms with Gasteiger partial charge in [0.15, 0.2) is 0 Å². The molecule has 4 rings (SSSR count). The highest BCUT2D eigenvalue weighted by Gasteiger charge is 2.14. The number of carbonyl (C=O) groups is 1. The summed E-state index contributed by atoms with van der Waals surface area (Å²) in [4.78, 5) is 17.4. The van der Waals surface area contributed by atoms with Gasteiger partial charge in [-0.05, 0) is 53.8 Å². The first-order valence-electron chi connectivity index (χ1n) is 9.78. The Morgan fingerprint density at radius 1 is 1.00 bits per heavy atom. The fourth-order valence-corrected chi connectivity index (χ4v) is 3.37. The molecule has 0 aliphatic carbocycles. The van der Waals surface area contributed by atoms with E-state index in [9.17, 15) is 4.79 Å². The standard InChI is InChI=1S/C25H25N3O/c1-17-7-6-14-28-16-22(27-23(17)28)19-8-5-9-21(15-19)26-24(29)18-10-12-20(13-11-18)25(2,3)4/h5-16H,1-4H3,(H,26,29). The van der Waals surface area contributed by atoms with E-state index in [0.29, 0.717) is 5.56 Å². The van der Waals surface area contributed by atoms with Crippen LogP contribution >= 0.6 is 0 Å². The Morgan fingerprint density at radius 3 is 2.45 bits per heavy atom. The van der Waals surface area contributed by atoms with Gasteiger partial charge in [0.1, 0.15) is 5.65 Å². The average Bonchev–Trinajstić information content (AvgIpc) is 3.13. The predicted octanol–water partition coefficient (Wildman–Crippen LogP) is 5.86. The topological polar surface area (TPSA) is 46.4 Å². The van der Waals surface area contributed by atoms with Crippen molar-refractivity contribution in [2.45, 2.75) is 33.1 Å². The van der Waals surface area contributed by atoms with Crippen LogP contribution in [0.2, 0.25) is 0 Å². The van der Waals surface area contributed by atoms with Gasteiger partial charge in [-0.25, -0.2) is 4.98 Å². The summed E-state index contributed by atoms with van der Waals surface area (Å²) in [5, 5.41) is 3.00. The summed E-state index contributed by atoms with van der Waals surface area (Å²) in [6.07, 6.45) is 4.00. The Morgan fingerprint density at radius 2 is 1.76 bits per heavy atom. The van der Waals surface area contributed by atoms with E-state index in [-0.39, 0.29) is 11.3 Å². The van der Waals surface area contributed by atoms with Crippen LogP contribution < -0.4 is 5.32 Å². The zero-order chi connectivity index (χ0) is 20.6. The molecule has 0 unspecified atom stereocenters. The van der Waals surface area contributed by atoms with Crippen LogP contribution in [0.1, 0.15) is 42.3 Å². The van der Waals surface area contributed by atoms with Gasteiger partial charge < -0.3 is 9.72 Å². The summed E-state index contributed by atoms with van der Waals surface area (Å²) in [6, 6.07) is 19.6. The summed E-state index contributed by atoms with van der Waals surface area (Å²) in [5.74, 6) is -0.117. The van der Waals surface area contributed by atoms with Crippen LogP contribution in [0.25, 0.3) is 16.9 Å². The number of imidazole rings is 1. The lowest BCUT2D eigenvalue weighted by atomic mass is 9.87. The van der Waals surface area contributed by atoms with Crippen LogP contribution in [-0.4, -0.2) is 15.3 Å². The third kappa shape index (κ3) is 3.92. The van der Waals surface area contributed by atoms with Gasteiger partial charge >= 0.3 is 0 Å². The Balaban J connectivity index is 1.57. The van der Waals surface area contributed by atoms with E-state index in [4.69, 9.17) is 4.98 Å². The summed E-state index contributed by atoms with van der Waals surface area (Å²) in [7, 11) is 0. The third-order valence-electron chi connectivity index (χ3n) is 5.11. The van der Waals surface area contributed by atoms with Crippen molar-refractivity contribution in [3.63, 3.8) is 0 Å². The quantitative estimate of drug-likeness (QED) is 0.482. The van der Waals surface area contributed by atoms with Crippen LogP contribution in [0.5, 0.6) is 0 Å². The Labute approximate surface area is 171 Å². The highest BCUT2D eigenvalue weighted by Crippen LogP contribution is 2.25. The molecule has 2 aromatic heterocycles. The van der Waals surface area contributed by atoms with Gasteiger partial charge in [-0.15, -0.1) is 0 Å². The second-order valence-corrected chi connectivity index (χ2v) is 8.41.